The van der Waals surface area contributed by atoms with Crippen molar-refractivity contribution in [3.8, 4) is 0 Å². The fourth-order valence-electron chi connectivity index (χ4n) is 1.96. The third kappa shape index (κ3) is 3.95. The molecule has 0 amide bonds. The molecule has 0 aliphatic heterocycles. The summed E-state index contributed by atoms with van der Waals surface area (Å²) in [5, 5.41) is 0. The highest BCUT2D eigenvalue weighted by Gasteiger charge is 2.38. The van der Waals surface area contributed by atoms with Crippen LogP contribution in [0.2, 0.25) is 0 Å². The molecule has 1 aliphatic carbocycles. The summed E-state index contributed by atoms with van der Waals surface area (Å²) in [6, 6.07) is 5.03. The van der Waals surface area contributed by atoms with Crippen LogP contribution in [0.25, 0.3) is 0 Å². The molecule has 9 heteroatoms. The number of methoxy groups -OCH3 is 1. The highest BCUT2D eigenvalue weighted by molar-refractivity contribution is 8.13. The molecule has 1 aromatic carbocycles. The molecule has 21 heavy (non-hydrogen) atoms. The molecule has 0 unspecified atom stereocenters. The van der Waals surface area contributed by atoms with Gasteiger partial charge in [0.25, 0.3) is 9.05 Å². The molecule has 0 aromatic heterocycles. The van der Waals surface area contributed by atoms with Crippen LogP contribution in [0.15, 0.2) is 34.1 Å². The summed E-state index contributed by atoms with van der Waals surface area (Å²) in [7, 11) is -0.970. The Morgan fingerprint density at radius 2 is 1.86 bits per heavy atom. The average molecular weight is 354 g/mol. The topological polar surface area (TPSA) is 80.8 Å². The van der Waals surface area contributed by atoms with Crippen molar-refractivity contribution in [2.45, 2.75) is 28.7 Å². The van der Waals surface area contributed by atoms with Gasteiger partial charge in [-0.05, 0) is 31.0 Å². The Labute approximate surface area is 129 Å². The van der Waals surface area contributed by atoms with Crippen molar-refractivity contribution >= 4 is 29.8 Å². The first kappa shape index (κ1) is 16.7. The van der Waals surface area contributed by atoms with Crippen LogP contribution in [0.4, 0.5) is 0 Å². The van der Waals surface area contributed by atoms with E-state index in [2.05, 4.69) is 0 Å². The minimum absolute atomic E-state index is 0.0404. The fraction of sp³-hybridized carbons (Fsp3) is 0.500. The molecule has 6 nitrogen and oxygen atoms in total. The molecule has 0 spiro atoms. The normalized spacial score (nSPS) is 16.3. The Hall–Kier alpha value is -0.670. The van der Waals surface area contributed by atoms with Gasteiger partial charge in [-0.2, -0.15) is 4.31 Å². The Morgan fingerprint density at radius 3 is 2.38 bits per heavy atom. The summed E-state index contributed by atoms with van der Waals surface area (Å²) in [6.45, 7) is 0.518. The first-order chi connectivity index (χ1) is 9.76. The maximum absolute atomic E-state index is 12.6. The Morgan fingerprint density at radius 1 is 1.24 bits per heavy atom. The van der Waals surface area contributed by atoms with Crippen LogP contribution >= 0.6 is 10.7 Å². The molecule has 1 aliphatic rings. The lowest BCUT2D eigenvalue weighted by molar-refractivity contribution is 0.177. The standard InChI is InChI=1S/C12H16ClNO5S2/c1-19-8-7-14(10-5-6-10)21(17,18)12-4-2-3-11(9-12)20(13,15)16/h2-4,9-10H,5-8H2,1H3. The first-order valence-corrected chi connectivity index (χ1v) is 10.1. The zero-order valence-corrected chi connectivity index (χ0v) is 13.8. The van der Waals surface area contributed by atoms with E-state index >= 15 is 0 Å². The summed E-state index contributed by atoms with van der Waals surface area (Å²) in [6.07, 6.45) is 1.60. The van der Waals surface area contributed by atoms with E-state index in [1.54, 1.807) is 0 Å². The third-order valence-electron chi connectivity index (χ3n) is 3.16. The zero-order valence-electron chi connectivity index (χ0n) is 11.4. The van der Waals surface area contributed by atoms with Gasteiger partial charge in [-0.3, -0.25) is 0 Å². The van der Waals surface area contributed by atoms with E-state index in [0.717, 1.165) is 18.9 Å². The second-order valence-electron chi connectivity index (χ2n) is 4.75. The van der Waals surface area contributed by atoms with Gasteiger partial charge in [0.15, 0.2) is 0 Å². The SMILES string of the molecule is COCCN(C1CC1)S(=O)(=O)c1cccc(S(=O)(=O)Cl)c1. The fourth-order valence-corrected chi connectivity index (χ4v) is 4.55. The number of ether oxygens (including phenoxy) is 1. The number of halogens is 1. The predicted octanol–water partition coefficient (Wildman–Crippen LogP) is 1.41. The van der Waals surface area contributed by atoms with E-state index in [0.29, 0.717) is 0 Å². The van der Waals surface area contributed by atoms with Gasteiger partial charge < -0.3 is 4.74 Å². The number of hydrogen-bond donors (Lipinski definition) is 0. The van der Waals surface area contributed by atoms with Gasteiger partial charge in [-0.15, -0.1) is 0 Å². The van der Waals surface area contributed by atoms with Crippen molar-refractivity contribution < 1.29 is 21.6 Å². The van der Waals surface area contributed by atoms with Crippen molar-refractivity contribution in [1.82, 2.24) is 4.31 Å². The monoisotopic (exact) mass is 353 g/mol. The molecule has 0 radical (unpaired) electrons. The quantitative estimate of drug-likeness (QED) is 0.692. The second-order valence-corrected chi connectivity index (χ2v) is 9.21. The Bertz CT molecular complexity index is 713. The second kappa shape index (κ2) is 6.21. The number of rotatable bonds is 7. The van der Waals surface area contributed by atoms with Gasteiger partial charge in [-0.25, -0.2) is 16.8 Å². The average Bonchev–Trinajstić information content (AvgIpc) is 3.23. The summed E-state index contributed by atoms with van der Waals surface area (Å²) in [5.41, 5.74) is 0. The van der Waals surface area contributed by atoms with Gasteiger partial charge in [-0.1, -0.05) is 6.07 Å². The van der Waals surface area contributed by atoms with Gasteiger partial charge in [0.05, 0.1) is 16.4 Å². The van der Waals surface area contributed by atoms with Crippen LogP contribution in [0.1, 0.15) is 12.8 Å². The van der Waals surface area contributed by atoms with Crippen molar-refractivity contribution in [2.24, 2.45) is 0 Å². The van der Waals surface area contributed by atoms with Gasteiger partial charge >= 0.3 is 0 Å². The predicted molar refractivity (Wildman–Crippen MR) is 78.3 cm³/mol. The van der Waals surface area contributed by atoms with Crippen LogP contribution in [0.3, 0.4) is 0 Å². The highest BCUT2D eigenvalue weighted by atomic mass is 35.7. The van der Waals surface area contributed by atoms with Gasteiger partial charge in [0.1, 0.15) is 0 Å². The molecule has 2 rings (SSSR count). The lowest BCUT2D eigenvalue weighted by atomic mass is 10.4. The summed E-state index contributed by atoms with van der Waals surface area (Å²) < 4.78 is 54.2. The van der Waals surface area contributed by atoms with Crippen molar-refractivity contribution in [2.75, 3.05) is 20.3 Å². The largest absolute Gasteiger partial charge is 0.383 e. The maximum atomic E-state index is 12.6. The molecular formula is C12H16ClNO5S2. The zero-order chi connectivity index (χ0) is 15.7. The highest BCUT2D eigenvalue weighted by Crippen LogP contribution is 2.32. The molecule has 0 N–H and O–H groups in total. The molecular weight excluding hydrogens is 338 g/mol. The summed E-state index contributed by atoms with van der Waals surface area (Å²) >= 11 is 0. The molecule has 1 fully saturated rings. The summed E-state index contributed by atoms with van der Waals surface area (Å²) in [5.74, 6) is 0. The summed E-state index contributed by atoms with van der Waals surface area (Å²) in [4.78, 5) is -0.306. The molecule has 118 valence electrons. The van der Waals surface area contributed by atoms with E-state index in [1.807, 2.05) is 0 Å². The number of hydrogen-bond acceptors (Lipinski definition) is 5. The van der Waals surface area contributed by atoms with Crippen LogP contribution in [0.5, 0.6) is 0 Å². The molecule has 1 saturated carbocycles. The Kier molecular flexibility index (Phi) is 4.94. The van der Waals surface area contributed by atoms with Crippen LogP contribution in [-0.2, 0) is 23.8 Å². The molecule has 0 atom stereocenters. The number of sulfonamides is 1. The number of nitrogens with zero attached hydrogens (tertiary/aromatic N) is 1. The van der Waals surface area contributed by atoms with Crippen LogP contribution in [0, 0.1) is 0 Å². The van der Waals surface area contributed by atoms with Crippen LogP contribution in [-0.4, -0.2) is 47.4 Å². The Balaban J connectivity index is 2.38. The smallest absolute Gasteiger partial charge is 0.261 e. The molecule has 0 saturated heterocycles. The maximum Gasteiger partial charge on any atom is 0.261 e. The van der Waals surface area contributed by atoms with Crippen LogP contribution < -0.4 is 0 Å². The van der Waals surface area contributed by atoms with Crippen molar-refractivity contribution in [3.05, 3.63) is 24.3 Å². The first-order valence-electron chi connectivity index (χ1n) is 6.32. The van der Waals surface area contributed by atoms with Crippen molar-refractivity contribution in [3.63, 3.8) is 0 Å². The number of benzene rings is 1. The van der Waals surface area contributed by atoms with Gasteiger partial charge in [0, 0.05) is 30.4 Å². The van der Waals surface area contributed by atoms with E-state index in [9.17, 15) is 16.8 Å². The van der Waals surface area contributed by atoms with E-state index in [4.69, 9.17) is 15.4 Å². The van der Waals surface area contributed by atoms with E-state index in [-0.39, 0.29) is 29.0 Å². The third-order valence-corrected chi connectivity index (χ3v) is 6.46. The van der Waals surface area contributed by atoms with Gasteiger partial charge in [0.2, 0.25) is 10.0 Å². The van der Waals surface area contributed by atoms with E-state index < -0.39 is 19.1 Å². The molecule has 0 bridgehead atoms. The minimum Gasteiger partial charge on any atom is -0.383 e. The lowest BCUT2D eigenvalue weighted by Gasteiger charge is -2.21. The molecule has 0 heterocycles. The van der Waals surface area contributed by atoms with E-state index in [1.165, 1.54) is 29.6 Å². The molecule has 1 aromatic rings. The lowest BCUT2D eigenvalue weighted by Crippen LogP contribution is -2.35. The minimum atomic E-state index is -3.97. The van der Waals surface area contributed by atoms with Crippen molar-refractivity contribution in [1.29, 1.82) is 0 Å².